The molecule has 0 radical (unpaired) electrons. The standard InChI is InChI=1S/C18H25N5O.2ClH/c1-11(2)23-17-16(9-19-23)15(8-12(3)20-17)18(24)22-7-6-13-4-5-14(10-22)21-13;;/h8-9,11,13-14,21H,4-7,10H2,1-3H3;2*1H. The van der Waals surface area contributed by atoms with E-state index in [1.165, 1.54) is 12.8 Å². The first-order valence-corrected chi connectivity index (χ1v) is 8.93. The number of nitrogens with zero attached hydrogens (tertiary/aromatic N) is 4. The van der Waals surface area contributed by atoms with Crippen molar-refractivity contribution in [1.82, 2.24) is 25.0 Å². The molecule has 2 bridgehead atoms. The van der Waals surface area contributed by atoms with E-state index in [4.69, 9.17) is 0 Å². The fourth-order valence-corrected chi connectivity index (χ4v) is 4.00. The highest BCUT2D eigenvalue weighted by molar-refractivity contribution is 6.05. The highest BCUT2D eigenvalue weighted by Crippen LogP contribution is 2.25. The molecule has 1 N–H and O–H groups in total. The van der Waals surface area contributed by atoms with E-state index in [9.17, 15) is 4.79 Å². The molecule has 8 heteroatoms. The smallest absolute Gasteiger partial charge is 0.254 e. The number of aryl methyl sites for hydroxylation is 1. The van der Waals surface area contributed by atoms with Crippen LogP contribution in [0.4, 0.5) is 0 Å². The van der Waals surface area contributed by atoms with Gasteiger partial charge in [0.15, 0.2) is 5.65 Å². The van der Waals surface area contributed by atoms with Crippen LogP contribution >= 0.6 is 24.8 Å². The van der Waals surface area contributed by atoms with Gasteiger partial charge in [0.25, 0.3) is 5.91 Å². The molecule has 2 atom stereocenters. The Labute approximate surface area is 166 Å². The number of nitrogens with one attached hydrogen (secondary N) is 1. The normalized spacial score (nSPS) is 22.1. The lowest BCUT2D eigenvalue weighted by atomic mass is 10.1. The van der Waals surface area contributed by atoms with Crippen molar-refractivity contribution >= 4 is 41.8 Å². The van der Waals surface area contributed by atoms with Gasteiger partial charge in [0, 0.05) is 36.9 Å². The summed E-state index contributed by atoms with van der Waals surface area (Å²) in [5, 5.41) is 8.95. The third-order valence-corrected chi connectivity index (χ3v) is 5.22. The van der Waals surface area contributed by atoms with Gasteiger partial charge in [-0.3, -0.25) is 4.79 Å². The fourth-order valence-electron chi connectivity index (χ4n) is 4.00. The van der Waals surface area contributed by atoms with Gasteiger partial charge in [-0.25, -0.2) is 9.67 Å². The van der Waals surface area contributed by atoms with Gasteiger partial charge in [0.1, 0.15) is 0 Å². The Morgan fingerprint density at radius 2 is 1.96 bits per heavy atom. The van der Waals surface area contributed by atoms with E-state index >= 15 is 0 Å². The lowest BCUT2D eigenvalue weighted by Crippen LogP contribution is -2.39. The monoisotopic (exact) mass is 399 g/mol. The number of fused-ring (bicyclic) bond motifs is 3. The Kier molecular flexibility index (Phi) is 6.53. The van der Waals surface area contributed by atoms with E-state index in [1.807, 2.05) is 22.6 Å². The second-order valence-corrected chi connectivity index (χ2v) is 7.41. The largest absolute Gasteiger partial charge is 0.337 e. The highest BCUT2D eigenvalue weighted by atomic mass is 35.5. The van der Waals surface area contributed by atoms with Crippen LogP contribution < -0.4 is 5.32 Å². The molecule has 0 aliphatic carbocycles. The molecule has 2 unspecified atom stereocenters. The molecular weight excluding hydrogens is 373 g/mol. The zero-order valence-electron chi connectivity index (χ0n) is 15.4. The molecule has 0 saturated carbocycles. The first-order chi connectivity index (χ1) is 11.5. The van der Waals surface area contributed by atoms with E-state index in [0.29, 0.717) is 12.1 Å². The van der Waals surface area contributed by atoms with Gasteiger partial charge in [0.2, 0.25) is 0 Å². The summed E-state index contributed by atoms with van der Waals surface area (Å²) in [6, 6.07) is 3.15. The molecule has 2 aliphatic heterocycles. The number of rotatable bonds is 2. The number of likely N-dealkylation sites (tertiary alicyclic amines) is 1. The number of hydrogen-bond acceptors (Lipinski definition) is 4. The molecule has 2 aromatic rings. The first-order valence-electron chi connectivity index (χ1n) is 8.93. The van der Waals surface area contributed by atoms with Crippen LogP contribution in [0.2, 0.25) is 0 Å². The van der Waals surface area contributed by atoms with Crippen LogP contribution in [0, 0.1) is 6.92 Å². The van der Waals surface area contributed by atoms with E-state index in [0.717, 1.165) is 41.8 Å². The molecule has 2 saturated heterocycles. The Hall–Kier alpha value is -1.37. The summed E-state index contributed by atoms with van der Waals surface area (Å²) < 4.78 is 1.89. The summed E-state index contributed by atoms with van der Waals surface area (Å²) in [5.74, 6) is 0.114. The summed E-state index contributed by atoms with van der Waals surface area (Å²) in [6.45, 7) is 7.73. The summed E-state index contributed by atoms with van der Waals surface area (Å²) in [7, 11) is 0. The van der Waals surface area contributed by atoms with Crippen LogP contribution in [0.3, 0.4) is 0 Å². The Morgan fingerprint density at radius 3 is 2.69 bits per heavy atom. The fraction of sp³-hybridized carbons (Fsp3) is 0.611. The molecule has 2 fully saturated rings. The second kappa shape index (κ2) is 8.11. The Morgan fingerprint density at radius 1 is 1.23 bits per heavy atom. The maximum atomic E-state index is 13.2. The minimum atomic E-state index is 0. The van der Waals surface area contributed by atoms with Gasteiger partial charge in [-0.1, -0.05) is 0 Å². The average Bonchev–Trinajstić information content (AvgIpc) is 3.09. The summed E-state index contributed by atoms with van der Waals surface area (Å²) >= 11 is 0. The zero-order chi connectivity index (χ0) is 16.8. The number of pyridine rings is 1. The van der Waals surface area contributed by atoms with E-state index in [-0.39, 0.29) is 36.8 Å². The lowest BCUT2D eigenvalue weighted by molar-refractivity contribution is 0.0750. The second-order valence-electron chi connectivity index (χ2n) is 7.41. The van der Waals surface area contributed by atoms with Crippen molar-refractivity contribution in [3.8, 4) is 0 Å². The van der Waals surface area contributed by atoms with Gasteiger partial charge in [-0.2, -0.15) is 5.10 Å². The average molecular weight is 400 g/mol. The Balaban J connectivity index is 0.00000121. The summed E-state index contributed by atoms with van der Waals surface area (Å²) in [5.41, 5.74) is 2.41. The van der Waals surface area contributed by atoms with Crippen LogP contribution in [-0.2, 0) is 0 Å². The molecule has 2 aliphatic rings. The molecule has 0 aromatic carbocycles. The molecule has 0 spiro atoms. The summed E-state index contributed by atoms with van der Waals surface area (Å²) in [6.07, 6.45) is 5.24. The topological polar surface area (TPSA) is 63.1 Å². The van der Waals surface area contributed by atoms with Crippen molar-refractivity contribution in [3.05, 3.63) is 23.5 Å². The van der Waals surface area contributed by atoms with Crippen LogP contribution in [0.15, 0.2) is 12.3 Å². The predicted octanol–water partition coefficient (Wildman–Crippen LogP) is 3.13. The van der Waals surface area contributed by atoms with Crippen LogP contribution in [0.5, 0.6) is 0 Å². The third-order valence-electron chi connectivity index (χ3n) is 5.22. The van der Waals surface area contributed by atoms with E-state index < -0.39 is 0 Å². The number of halogens is 2. The maximum absolute atomic E-state index is 13.2. The van der Waals surface area contributed by atoms with Crippen molar-refractivity contribution in [2.24, 2.45) is 0 Å². The van der Waals surface area contributed by atoms with Gasteiger partial charge < -0.3 is 10.2 Å². The minimum Gasteiger partial charge on any atom is -0.337 e. The van der Waals surface area contributed by atoms with Crippen molar-refractivity contribution in [1.29, 1.82) is 0 Å². The van der Waals surface area contributed by atoms with Crippen molar-refractivity contribution in [3.63, 3.8) is 0 Å². The quantitative estimate of drug-likeness (QED) is 0.842. The van der Waals surface area contributed by atoms with Gasteiger partial charge in [-0.15, -0.1) is 24.8 Å². The van der Waals surface area contributed by atoms with Gasteiger partial charge in [-0.05, 0) is 46.1 Å². The molecular formula is C18H27Cl2N5O. The number of carbonyl (C=O) groups is 1. The van der Waals surface area contributed by atoms with Crippen molar-refractivity contribution < 1.29 is 4.79 Å². The third kappa shape index (κ3) is 3.68. The molecule has 4 heterocycles. The number of amides is 1. The van der Waals surface area contributed by atoms with Gasteiger partial charge in [0.05, 0.1) is 17.1 Å². The van der Waals surface area contributed by atoms with Crippen LogP contribution in [0.25, 0.3) is 11.0 Å². The molecule has 1 amide bonds. The van der Waals surface area contributed by atoms with Crippen molar-refractivity contribution in [2.75, 3.05) is 13.1 Å². The molecule has 26 heavy (non-hydrogen) atoms. The van der Waals surface area contributed by atoms with Crippen LogP contribution in [0.1, 0.15) is 55.2 Å². The summed E-state index contributed by atoms with van der Waals surface area (Å²) in [4.78, 5) is 19.8. The first kappa shape index (κ1) is 20.9. The van der Waals surface area contributed by atoms with Crippen LogP contribution in [-0.4, -0.2) is 50.7 Å². The highest BCUT2D eigenvalue weighted by Gasteiger charge is 2.32. The molecule has 4 rings (SSSR count). The predicted molar refractivity (Wildman–Crippen MR) is 108 cm³/mol. The lowest BCUT2D eigenvalue weighted by Gasteiger charge is -2.24. The van der Waals surface area contributed by atoms with E-state index in [1.54, 1.807) is 6.20 Å². The number of hydrogen-bond donors (Lipinski definition) is 1. The zero-order valence-corrected chi connectivity index (χ0v) is 17.1. The molecule has 2 aromatic heterocycles. The minimum absolute atomic E-state index is 0. The maximum Gasteiger partial charge on any atom is 0.254 e. The Bertz CT molecular complexity index is 791. The molecule has 6 nitrogen and oxygen atoms in total. The van der Waals surface area contributed by atoms with Crippen molar-refractivity contribution in [2.45, 2.75) is 58.2 Å². The molecule has 144 valence electrons. The number of aromatic nitrogens is 3. The number of carbonyl (C=O) groups excluding carboxylic acids is 1. The van der Waals surface area contributed by atoms with Gasteiger partial charge >= 0.3 is 0 Å². The van der Waals surface area contributed by atoms with E-state index in [2.05, 4.69) is 29.2 Å². The SMILES string of the molecule is Cc1cc(C(=O)N2CCC3CCC(C2)N3)c2cnn(C(C)C)c2n1.Cl.Cl.